The zero-order valence-electron chi connectivity index (χ0n) is 17.6. The number of aromatic amines is 1. The van der Waals surface area contributed by atoms with Crippen LogP contribution in [0.3, 0.4) is 0 Å². The van der Waals surface area contributed by atoms with Crippen molar-refractivity contribution in [1.29, 1.82) is 0 Å². The minimum absolute atomic E-state index is 0.148. The van der Waals surface area contributed by atoms with Gasteiger partial charge >= 0.3 is 6.18 Å². The summed E-state index contributed by atoms with van der Waals surface area (Å²) in [5, 5.41) is 3.80. The quantitative estimate of drug-likeness (QED) is 0.557. The smallest absolute Gasteiger partial charge is 0.356 e. The fraction of sp³-hybridized carbons (Fsp3) is 0.409. The van der Waals surface area contributed by atoms with Crippen molar-refractivity contribution in [2.45, 2.75) is 43.9 Å². The zero-order valence-corrected chi connectivity index (χ0v) is 17.6. The van der Waals surface area contributed by atoms with E-state index in [1.54, 1.807) is 6.92 Å². The van der Waals surface area contributed by atoms with Gasteiger partial charge in [0.05, 0.1) is 17.0 Å². The highest BCUT2D eigenvalue weighted by Gasteiger charge is 2.34. The molecule has 4 rings (SSSR count). The van der Waals surface area contributed by atoms with E-state index in [-0.39, 0.29) is 12.3 Å². The Labute approximate surface area is 183 Å². The van der Waals surface area contributed by atoms with Gasteiger partial charge in [-0.1, -0.05) is 12.1 Å². The molecule has 0 spiro atoms. The minimum atomic E-state index is -4.38. The Kier molecular flexibility index (Phi) is 5.81. The van der Waals surface area contributed by atoms with Crippen LogP contribution in [0.25, 0.3) is 11.0 Å². The summed E-state index contributed by atoms with van der Waals surface area (Å²) in [6.07, 6.45) is 0.340. The number of nitrogens with zero attached hydrogens (tertiary/aromatic N) is 3. The largest absolute Gasteiger partial charge is 0.416 e. The van der Waals surface area contributed by atoms with Crippen molar-refractivity contribution in [3.05, 3.63) is 54.0 Å². The van der Waals surface area contributed by atoms with Crippen molar-refractivity contribution in [2.24, 2.45) is 5.73 Å². The van der Waals surface area contributed by atoms with Crippen molar-refractivity contribution in [1.82, 2.24) is 20.3 Å². The summed E-state index contributed by atoms with van der Waals surface area (Å²) in [6.45, 7) is 3.06. The Morgan fingerprint density at radius 1 is 1.22 bits per heavy atom. The monoisotopic (exact) mass is 446 g/mol. The first-order valence-electron chi connectivity index (χ1n) is 10.4. The lowest BCUT2D eigenvalue weighted by molar-refractivity contribution is -0.137. The van der Waals surface area contributed by atoms with Crippen molar-refractivity contribution < 1.29 is 18.0 Å². The van der Waals surface area contributed by atoms with Gasteiger partial charge in [-0.05, 0) is 43.5 Å². The number of fused-ring (bicyclic) bond motifs is 1. The lowest BCUT2D eigenvalue weighted by atomic mass is 9.85. The average Bonchev–Trinajstić information content (AvgIpc) is 3.22. The van der Waals surface area contributed by atoms with E-state index in [1.807, 2.05) is 12.3 Å². The SMILES string of the molecule is C[C@H](NC(=O)CC1(N)CCN(c2ncnc3[nH]ccc23)CC1)c1ccc(C(F)(F)F)cc1. The van der Waals surface area contributed by atoms with Crippen LogP contribution in [-0.2, 0) is 11.0 Å². The summed E-state index contributed by atoms with van der Waals surface area (Å²) in [6, 6.07) is 6.32. The van der Waals surface area contributed by atoms with E-state index in [0.717, 1.165) is 29.0 Å². The van der Waals surface area contributed by atoms with E-state index in [4.69, 9.17) is 5.73 Å². The number of nitrogens with two attached hydrogens (primary N) is 1. The number of H-pyrrole nitrogens is 1. The van der Waals surface area contributed by atoms with Gasteiger partial charge in [0.15, 0.2) is 0 Å². The summed E-state index contributed by atoms with van der Waals surface area (Å²) in [4.78, 5) is 26.4. The molecule has 1 aliphatic rings. The van der Waals surface area contributed by atoms with Crippen molar-refractivity contribution >= 4 is 22.8 Å². The third-order valence-corrected chi connectivity index (χ3v) is 6.02. The molecule has 1 aromatic carbocycles. The minimum Gasteiger partial charge on any atom is -0.356 e. The molecular weight excluding hydrogens is 421 g/mol. The predicted molar refractivity (Wildman–Crippen MR) is 115 cm³/mol. The number of hydrogen-bond acceptors (Lipinski definition) is 5. The molecule has 0 saturated carbocycles. The molecule has 0 aliphatic carbocycles. The van der Waals surface area contributed by atoms with E-state index < -0.39 is 23.3 Å². The topological polar surface area (TPSA) is 99.9 Å². The Morgan fingerprint density at radius 2 is 1.91 bits per heavy atom. The fourth-order valence-corrected chi connectivity index (χ4v) is 4.11. The molecule has 10 heteroatoms. The first kappa shape index (κ1) is 22.1. The summed E-state index contributed by atoms with van der Waals surface area (Å²) in [5.74, 6) is 0.627. The second kappa shape index (κ2) is 8.42. The van der Waals surface area contributed by atoms with Gasteiger partial charge in [-0.2, -0.15) is 13.2 Å². The highest BCUT2D eigenvalue weighted by Crippen LogP contribution is 2.31. The number of rotatable bonds is 5. The molecular formula is C22H25F3N6O. The van der Waals surface area contributed by atoms with E-state index >= 15 is 0 Å². The van der Waals surface area contributed by atoms with Crippen LogP contribution in [0.15, 0.2) is 42.9 Å². The van der Waals surface area contributed by atoms with Crippen LogP contribution in [0.5, 0.6) is 0 Å². The van der Waals surface area contributed by atoms with Crippen LogP contribution in [0.1, 0.15) is 43.4 Å². The zero-order chi connectivity index (χ0) is 22.9. The van der Waals surface area contributed by atoms with E-state index in [2.05, 4.69) is 25.2 Å². The lowest BCUT2D eigenvalue weighted by Crippen LogP contribution is -2.53. The number of carbonyl (C=O) groups is 1. The molecule has 3 heterocycles. The van der Waals surface area contributed by atoms with Crippen LogP contribution in [0.4, 0.5) is 19.0 Å². The second-order valence-corrected chi connectivity index (χ2v) is 8.37. The molecule has 32 heavy (non-hydrogen) atoms. The standard InChI is InChI=1S/C22H25F3N6O/c1-14(15-2-4-16(5-3-15)22(23,24)25)30-18(32)12-21(26)7-10-31(11-8-21)20-17-6-9-27-19(17)28-13-29-20/h2-6,9,13-14H,7-8,10-12,26H2,1H3,(H,30,32)(H,27,28,29)/t14-/m0/s1. The van der Waals surface area contributed by atoms with Gasteiger partial charge in [0.2, 0.25) is 5.91 Å². The third kappa shape index (κ3) is 4.69. The lowest BCUT2D eigenvalue weighted by Gasteiger charge is -2.39. The van der Waals surface area contributed by atoms with Crippen molar-refractivity contribution in [3.8, 4) is 0 Å². The van der Waals surface area contributed by atoms with Crippen LogP contribution in [0, 0.1) is 0 Å². The number of nitrogens with one attached hydrogen (secondary N) is 2. The van der Waals surface area contributed by atoms with E-state index in [0.29, 0.717) is 31.5 Å². The molecule has 7 nitrogen and oxygen atoms in total. The summed E-state index contributed by atoms with van der Waals surface area (Å²) < 4.78 is 38.2. The average molecular weight is 446 g/mol. The number of piperidine rings is 1. The van der Waals surface area contributed by atoms with Gasteiger partial charge in [-0.15, -0.1) is 0 Å². The molecule has 4 N–H and O–H groups in total. The van der Waals surface area contributed by atoms with Gasteiger partial charge < -0.3 is 20.9 Å². The number of carbonyl (C=O) groups excluding carboxylic acids is 1. The number of benzene rings is 1. The molecule has 1 amide bonds. The first-order chi connectivity index (χ1) is 15.1. The van der Waals surface area contributed by atoms with Crippen LogP contribution >= 0.6 is 0 Å². The van der Waals surface area contributed by atoms with Crippen LogP contribution in [0.2, 0.25) is 0 Å². The Balaban J connectivity index is 1.33. The molecule has 0 radical (unpaired) electrons. The Hall–Kier alpha value is -3.14. The number of alkyl halides is 3. The maximum atomic E-state index is 12.7. The summed E-state index contributed by atoms with van der Waals surface area (Å²) in [7, 11) is 0. The summed E-state index contributed by atoms with van der Waals surface area (Å²) >= 11 is 0. The number of halogens is 3. The molecule has 1 saturated heterocycles. The second-order valence-electron chi connectivity index (χ2n) is 8.37. The Bertz CT molecular complexity index is 1090. The first-order valence-corrected chi connectivity index (χ1v) is 10.4. The van der Waals surface area contributed by atoms with Gasteiger partial charge in [0.25, 0.3) is 0 Å². The third-order valence-electron chi connectivity index (χ3n) is 6.02. The molecule has 2 aromatic heterocycles. The van der Waals surface area contributed by atoms with Gasteiger partial charge in [-0.25, -0.2) is 9.97 Å². The molecule has 0 bridgehead atoms. The normalized spacial score (nSPS) is 17.3. The number of amides is 1. The molecule has 170 valence electrons. The van der Waals surface area contributed by atoms with Crippen LogP contribution in [-0.4, -0.2) is 39.5 Å². The highest BCUT2D eigenvalue weighted by molar-refractivity contribution is 5.87. The molecule has 1 fully saturated rings. The van der Waals surface area contributed by atoms with Gasteiger partial charge in [0.1, 0.15) is 17.8 Å². The fourth-order valence-electron chi connectivity index (χ4n) is 4.11. The van der Waals surface area contributed by atoms with E-state index in [9.17, 15) is 18.0 Å². The number of aromatic nitrogens is 3. The predicted octanol–water partition coefficient (Wildman–Crippen LogP) is 3.54. The van der Waals surface area contributed by atoms with Gasteiger partial charge in [0, 0.05) is 31.2 Å². The number of anilines is 1. The molecule has 1 atom stereocenters. The maximum Gasteiger partial charge on any atom is 0.416 e. The van der Waals surface area contributed by atoms with Crippen LogP contribution < -0.4 is 16.0 Å². The molecule has 3 aromatic rings. The number of hydrogen-bond donors (Lipinski definition) is 3. The molecule has 1 aliphatic heterocycles. The Morgan fingerprint density at radius 3 is 2.56 bits per heavy atom. The highest BCUT2D eigenvalue weighted by atomic mass is 19.4. The van der Waals surface area contributed by atoms with Gasteiger partial charge in [-0.3, -0.25) is 4.79 Å². The van der Waals surface area contributed by atoms with Crippen molar-refractivity contribution in [2.75, 3.05) is 18.0 Å². The van der Waals surface area contributed by atoms with Crippen molar-refractivity contribution in [3.63, 3.8) is 0 Å². The summed E-state index contributed by atoms with van der Waals surface area (Å²) in [5.41, 5.74) is 6.54. The van der Waals surface area contributed by atoms with E-state index in [1.165, 1.54) is 18.5 Å². The molecule has 0 unspecified atom stereocenters. The maximum absolute atomic E-state index is 12.7.